The lowest BCUT2D eigenvalue weighted by Gasteiger charge is -2.17. The van der Waals surface area contributed by atoms with Gasteiger partial charge in [-0.25, -0.2) is 4.79 Å². The molecule has 0 aromatic heterocycles. The number of nitrogens with zero attached hydrogens (tertiary/aromatic N) is 1. The second-order valence-electron chi connectivity index (χ2n) is 2.28. The van der Waals surface area contributed by atoms with Crippen LogP contribution in [0.15, 0.2) is 30.3 Å². The Balaban J connectivity index is 2.85. The largest absolute Gasteiger partial charge is 0.451 e. The number of para-hydroxylation sites is 1. The molecule has 0 unspecified atom stereocenters. The number of methoxy groups -OCH3 is 1. The first-order chi connectivity index (χ1) is 6.29. The lowest BCUT2D eigenvalue weighted by atomic mass is 10.3. The first kappa shape index (κ1) is 9.54. The van der Waals surface area contributed by atoms with Gasteiger partial charge in [-0.15, -0.1) is 0 Å². The van der Waals surface area contributed by atoms with Gasteiger partial charge in [-0.2, -0.15) is 5.06 Å². The van der Waals surface area contributed by atoms with Crippen LogP contribution >= 0.6 is 0 Å². The van der Waals surface area contributed by atoms with E-state index in [1.165, 1.54) is 14.2 Å². The zero-order chi connectivity index (χ0) is 9.68. The maximum absolute atomic E-state index is 11.1. The molecule has 70 valence electrons. The van der Waals surface area contributed by atoms with E-state index in [4.69, 9.17) is 4.84 Å². The maximum atomic E-state index is 11.1. The van der Waals surface area contributed by atoms with Crippen molar-refractivity contribution in [3.63, 3.8) is 0 Å². The molecule has 0 bridgehead atoms. The topological polar surface area (TPSA) is 38.8 Å². The standard InChI is InChI=1S/C9H11NO3/c1-12-9(11)10(13-2)8-6-4-3-5-7-8/h3-7H,1-2H3. The van der Waals surface area contributed by atoms with E-state index < -0.39 is 6.09 Å². The lowest BCUT2D eigenvalue weighted by Crippen LogP contribution is -2.29. The number of ether oxygens (including phenoxy) is 1. The minimum atomic E-state index is -0.547. The highest BCUT2D eigenvalue weighted by Gasteiger charge is 2.14. The molecule has 0 spiro atoms. The smallest absolute Gasteiger partial charge is 0.438 e. The molecular formula is C9H11NO3. The summed E-state index contributed by atoms with van der Waals surface area (Å²) >= 11 is 0. The van der Waals surface area contributed by atoms with Gasteiger partial charge in [0.05, 0.1) is 19.9 Å². The second-order valence-corrected chi connectivity index (χ2v) is 2.28. The molecule has 4 heteroatoms. The SMILES string of the molecule is COC(=O)N(OC)c1ccccc1. The number of carbonyl (C=O) groups excluding carboxylic acids is 1. The van der Waals surface area contributed by atoms with Gasteiger partial charge in [0, 0.05) is 0 Å². The molecular weight excluding hydrogens is 170 g/mol. The molecule has 4 nitrogen and oxygen atoms in total. The molecule has 0 saturated heterocycles. The minimum absolute atomic E-state index is 0.547. The second kappa shape index (κ2) is 4.47. The monoisotopic (exact) mass is 181 g/mol. The van der Waals surface area contributed by atoms with Crippen molar-refractivity contribution >= 4 is 11.8 Å². The summed E-state index contributed by atoms with van der Waals surface area (Å²) in [5.74, 6) is 0. The molecule has 0 radical (unpaired) electrons. The fourth-order valence-electron chi connectivity index (χ4n) is 0.932. The van der Waals surface area contributed by atoms with Crippen molar-refractivity contribution in [1.29, 1.82) is 0 Å². The van der Waals surface area contributed by atoms with Crippen LogP contribution in [-0.4, -0.2) is 20.3 Å². The van der Waals surface area contributed by atoms with E-state index in [2.05, 4.69) is 4.74 Å². The molecule has 1 aromatic rings. The van der Waals surface area contributed by atoms with Gasteiger partial charge in [0.1, 0.15) is 0 Å². The van der Waals surface area contributed by atoms with Crippen molar-refractivity contribution in [2.24, 2.45) is 0 Å². The van der Waals surface area contributed by atoms with Crippen molar-refractivity contribution in [2.75, 3.05) is 19.3 Å². The summed E-state index contributed by atoms with van der Waals surface area (Å²) in [6.07, 6.45) is -0.547. The molecule has 1 rings (SSSR count). The third-order valence-corrected chi connectivity index (χ3v) is 1.51. The number of anilines is 1. The van der Waals surface area contributed by atoms with E-state index in [9.17, 15) is 4.79 Å². The molecule has 0 atom stereocenters. The van der Waals surface area contributed by atoms with Gasteiger partial charge < -0.3 is 4.74 Å². The molecule has 13 heavy (non-hydrogen) atoms. The van der Waals surface area contributed by atoms with Crippen LogP contribution in [0.1, 0.15) is 0 Å². The fraction of sp³-hybridized carbons (Fsp3) is 0.222. The minimum Gasteiger partial charge on any atom is -0.451 e. The number of hydrogen-bond acceptors (Lipinski definition) is 3. The first-order valence-corrected chi connectivity index (χ1v) is 3.77. The highest BCUT2D eigenvalue weighted by atomic mass is 16.7. The van der Waals surface area contributed by atoms with Gasteiger partial charge in [-0.3, -0.25) is 4.84 Å². The lowest BCUT2D eigenvalue weighted by molar-refractivity contribution is 0.116. The molecule has 0 aliphatic heterocycles. The molecule has 0 N–H and O–H groups in total. The highest BCUT2D eigenvalue weighted by Crippen LogP contribution is 2.13. The van der Waals surface area contributed by atoms with E-state index in [0.717, 1.165) is 5.06 Å². The molecule has 0 aliphatic carbocycles. The summed E-state index contributed by atoms with van der Waals surface area (Å²) in [6.45, 7) is 0. The van der Waals surface area contributed by atoms with Crippen LogP contribution in [0, 0.1) is 0 Å². The average molecular weight is 181 g/mol. The van der Waals surface area contributed by atoms with E-state index in [1.54, 1.807) is 12.1 Å². The summed E-state index contributed by atoms with van der Waals surface area (Å²) in [6, 6.07) is 8.98. The van der Waals surface area contributed by atoms with Crippen LogP contribution in [0.4, 0.5) is 10.5 Å². The van der Waals surface area contributed by atoms with Crippen molar-refractivity contribution in [3.8, 4) is 0 Å². The Morgan fingerprint density at radius 2 is 1.85 bits per heavy atom. The Morgan fingerprint density at radius 1 is 1.23 bits per heavy atom. The van der Waals surface area contributed by atoms with Crippen LogP contribution in [-0.2, 0) is 9.57 Å². The van der Waals surface area contributed by atoms with Gasteiger partial charge in [-0.1, -0.05) is 18.2 Å². The third-order valence-electron chi connectivity index (χ3n) is 1.51. The van der Waals surface area contributed by atoms with Crippen molar-refractivity contribution in [3.05, 3.63) is 30.3 Å². The molecule has 0 heterocycles. The summed E-state index contributed by atoms with van der Waals surface area (Å²) in [5, 5.41) is 1.07. The number of amides is 1. The number of carbonyl (C=O) groups is 1. The number of hydrogen-bond donors (Lipinski definition) is 0. The van der Waals surface area contributed by atoms with Gasteiger partial charge >= 0.3 is 6.09 Å². The molecule has 0 aliphatic rings. The van der Waals surface area contributed by atoms with Crippen molar-refractivity contribution in [1.82, 2.24) is 0 Å². The Hall–Kier alpha value is -1.55. The van der Waals surface area contributed by atoms with E-state index >= 15 is 0 Å². The molecule has 1 amide bonds. The quantitative estimate of drug-likeness (QED) is 0.653. The normalized spacial score (nSPS) is 9.38. The Morgan fingerprint density at radius 3 is 2.31 bits per heavy atom. The number of benzene rings is 1. The fourth-order valence-corrected chi connectivity index (χ4v) is 0.932. The highest BCUT2D eigenvalue weighted by molar-refractivity contribution is 5.85. The maximum Gasteiger partial charge on any atom is 0.438 e. The molecule has 0 fully saturated rings. The average Bonchev–Trinajstić information content (AvgIpc) is 2.20. The molecule has 1 aromatic carbocycles. The van der Waals surface area contributed by atoms with Crippen LogP contribution in [0.3, 0.4) is 0 Å². The van der Waals surface area contributed by atoms with Crippen molar-refractivity contribution in [2.45, 2.75) is 0 Å². The van der Waals surface area contributed by atoms with E-state index in [-0.39, 0.29) is 0 Å². The Kier molecular flexibility index (Phi) is 3.28. The predicted molar refractivity (Wildman–Crippen MR) is 48.3 cm³/mol. The van der Waals surface area contributed by atoms with E-state index in [1.807, 2.05) is 18.2 Å². The van der Waals surface area contributed by atoms with Gasteiger partial charge in [0.25, 0.3) is 0 Å². The van der Waals surface area contributed by atoms with Gasteiger partial charge in [0.2, 0.25) is 0 Å². The van der Waals surface area contributed by atoms with Crippen LogP contribution < -0.4 is 5.06 Å². The predicted octanol–water partition coefficient (Wildman–Crippen LogP) is 1.82. The zero-order valence-electron chi connectivity index (χ0n) is 7.56. The number of hydroxylamine groups is 1. The Bertz CT molecular complexity index is 273. The summed E-state index contributed by atoms with van der Waals surface area (Å²) in [5.41, 5.74) is 0.636. The summed E-state index contributed by atoms with van der Waals surface area (Å²) < 4.78 is 4.52. The van der Waals surface area contributed by atoms with Gasteiger partial charge in [-0.05, 0) is 12.1 Å². The number of rotatable bonds is 2. The van der Waals surface area contributed by atoms with E-state index in [0.29, 0.717) is 5.69 Å². The van der Waals surface area contributed by atoms with Gasteiger partial charge in [0.15, 0.2) is 0 Å². The van der Waals surface area contributed by atoms with Crippen LogP contribution in [0.25, 0.3) is 0 Å². The summed E-state index contributed by atoms with van der Waals surface area (Å²) in [7, 11) is 2.71. The van der Waals surface area contributed by atoms with Crippen LogP contribution in [0.5, 0.6) is 0 Å². The summed E-state index contributed by atoms with van der Waals surface area (Å²) in [4.78, 5) is 16.0. The Labute approximate surface area is 76.6 Å². The van der Waals surface area contributed by atoms with Crippen molar-refractivity contribution < 1.29 is 14.4 Å². The zero-order valence-corrected chi connectivity index (χ0v) is 7.56. The van der Waals surface area contributed by atoms with Crippen LogP contribution in [0.2, 0.25) is 0 Å². The first-order valence-electron chi connectivity index (χ1n) is 3.77. The third kappa shape index (κ3) is 2.19. The molecule has 0 saturated carbocycles.